The van der Waals surface area contributed by atoms with E-state index >= 15 is 0 Å². The van der Waals surface area contributed by atoms with Gasteiger partial charge in [0.15, 0.2) is 0 Å². The molecule has 18 heavy (non-hydrogen) atoms. The number of ether oxygens (including phenoxy) is 1. The zero-order valence-corrected chi connectivity index (χ0v) is 10.8. The van der Waals surface area contributed by atoms with Crippen LogP contribution in [0, 0.1) is 6.92 Å². The molecule has 2 aromatic rings. The summed E-state index contributed by atoms with van der Waals surface area (Å²) in [6.45, 7) is 3.68. The Morgan fingerprint density at radius 1 is 1.17 bits per heavy atom. The van der Waals surface area contributed by atoms with E-state index in [0.717, 1.165) is 22.6 Å². The lowest BCUT2D eigenvalue weighted by Gasteiger charge is -2.24. The molecule has 0 saturated carbocycles. The Morgan fingerprint density at radius 2 is 1.94 bits per heavy atom. The van der Waals surface area contributed by atoms with Crippen LogP contribution in [-0.4, -0.2) is 17.2 Å². The summed E-state index contributed by atoms with van der Waals surface area (Å²) >= 11 is 0. The fourth-order valence-electron chi connectivity index (χ4n) is 1.85. The van der Waals surface area contributed by atoms with Crippen molar-refractivity contribution in [1.29, 1.82) is 0 Å². The van der Waals surface area contributed by atoms with Crippen molar-refractivity contribution in [2.45, 2.75) is 19.4 Å². The Hall–Kier alpha value is -1.87. The Bertz CT molecular complexity index is 532. The SMILES string of the molecule is COc1cccc(C(C)(O)c2ccc(C)nc2)c1. The average molecular weight is 243 g/mol. The first kappa shape index (κ1) is 12.6. The maximum Gasteiger partial charge on any atom is 0.119 e. The molecule has 0 radical (unpaired) electrons. The lowest BCUT2D eigenvalue weighted by Crippen LogP contribution is -2.23. The number of aliphatic hydroxyl groups is 1. The first-order valence-electron chi connectivity index (χ1n) is 5.84. The van der Waals surface area contributed by atoms with Crippen molar-refractivity contribution >= 4 is 0 Å². The smallest absolute Gasteiger partial charge is 0.119 e. The normalized spacial score (nSPS) is 14.0. The van der Waals surface area contributed by atoms with E-state index < -0.39 is 5.60 Å². The standard InChI is InChI=1S/C15H17NO2/c1-11-7-8-13(10-16-11)15(2,17)12-5-4-6-14(9-12)18-3/h4-10,17H,1-3H3. The van der Waals surface area contributed by atoms with Crippen molar-refractivity contribution in [2.24, 2.45) is 0 Å². The number of pyridine rings is 1. The second kappa shape index (κ2) is 4.78. The molecule has 1 atom stereocenters. The molecular formula is C15H17NO2. The second-order valence-electron chi connectivity index (χ2n) is 4.49. The van der Waals surface area contributed by atoms with Crippen molar-refractivity contribution in [3.8, 4) is 5.75 Å². The lowest BCUT2D eigenvalue weighted by molar-refractivity contribution is 0.101. The van der Waals surface area contributed by atoms with Gasteiger partial charge in [-0.2, -0.15) is 0 Å². The van der Waals surface area contributed by atoms with Gasteiger partial charge in [-0.3, -0.25) is 4.98 Å². The summed E-state index contributed by atoms with van der Waals surface area (Å²) in [5.41, 5.74) is 1.41. The first-order valence-corrected chi connectivity index (χ1v) is 5.84. The van der Waals surface area contributed by atoms with Crippen LogP contribution in [0.4, 0.5) is 0 Å². The zero-order chi connectivity index (χ0) is 13.2. The van der Waals surface area contributed by atoms with Gasteiger partial charge in [-0.25, -0.2) is 0 Å². The Labute approximate surface area is 107 Å². The molecule has 0 spiro atoms. The van der Waals surface area contributed by atoms with Gasteiger partial charge >= 0.3 is 0 Å². The third kappa shape index (κ3) is 2.36. The van der Waals surface area contributed by atoms with E-state index in [4.69, 9.17) is 4.74 Å². The Balaban J connectivity index is 2.43. The van der Waals surface area contributed by atoms with Crippen molar-refractivity contribution in [1.82, 2.24) is 4.98 Å². The largest absolute Gasteiger partial charge is 0.497 e. The Morgan fingerprint density at radius 3 is 2.56 bits per heavy atom. The number of aryl methyl sites for hydroxylation is 1. The topological polar surface area (TPSA) is 42.4 Å². The van der Waals surface area contributed by atoms with Gasteiger partial charge in [0.25, 0.3) is 0 Å². The molecule has 1 unspecified atom stereocenters. The second-order valence-corrected chi connectivity index (χ2v) is 4.49. The minimum Gasteiger partial charge on any atom is -0.497 e. The maximum atomic E-state index is 10.7. The molecule has 0 aliphatic carbocycles. The highest BCUT2D eigenvalue weighted by molar-refractivity contribution is 5.38. The van der Waals surface area contributed by atoms with Gasteiger partial charge in [-0.05, 0) is 37.6 Å². The van der Waals surface area contributed by atoms with E-state index in [2.05, 4.69) is 4.98 Å². The van der Waals surface area contributed by atoms with Crippen LogP contribution in [-0.2, 0) is 5.60 Å². The summed E-state index contributed by atoms with van der Waals surface area (Å²) < 4.78 is 5.18. The third-order valence-electron chi connectivity index (χ3n) is 3.11. The van der Waals surface area contributed by atoms with E-state index in [1.807, 2.05) is 43.3 Å². The van der Waals surface area contributed by atoms with Crippen LogP contribution in [0.5, 0.6) is 5.75 Å². The molecule has 94 valence electrons. The fraction of sp³-hybridized carbons (Fsp3) is 0.267. The quantitative estimate of drug-likeness (QED) is 0.901. The predicted molar refractivity (Wildman–Crippen MR) is 70.6 cm³/mol. The van der Waals surface area contributed by atoms with Gasteiger partial charge < -0.3 is 9.84 Å². The molecule has 3 nitrogen and oxygen atoms in total. The summed E-state index contributed by atoms with van der Waals surface area (Å²) in [7, 11) is 1.61. The van der Waals surface area contributed by atoms with E-state index in [1.165, 1.54) is 0 Å². The highest BCUT2D eigenvalue weighted by atomic mass is 16.5. The fourth-order valence-corrected chi connectivity index (χ4v) is 1.85. The van der Waals surface area contributed by atoms with E-state index in [-0.39, 0.29) is 0 Å². The number of methoxy groups -OCH3 is 1. The monoisotopic (exact) mass is 243 g/mol. The molecule has 1 heterocycles. The van der Waals surface area contributed by atoms with E-state index in [1.54, 1.807) is 20.2 Å². The number of hydrogen-bond acceptors (Lipinski definition) is 3. The van der Waals surface area contributed by atoms with Gasteiger partial charge in [-0.1, -0.05) is 18.2 Å². The predicted octanol–water partition coefficient (Wildman–Crippen LogP) is 2.65. The number of aromatic nitrogens is 1. The van der Waals surface area contributed by atoms with Gasteiger partial charge in [0.1, 0.15) is 11.4 Å². The lowest BCUT2D eigenvalue weighted by atomic mass is 9.89. The van der Waals surface area contributed by atoms with E-state index in [9.17, 15) is 5.11 Å². The number of hydrogen-bond donors (Lipinski definition) is 1. The molecule has 0 bridgehead atoms. The molecule has 1 N–H and O–H groups in total. The van der Waals surface area contributed by atoms with Crippen LogP contribution in [0.1, 0.15) is 23.7 Å². The van der Waals surface area contributed by atoms with Crippen LogP contribution >= 0.6 is 0 Å². The summed E-state index contributed by atoms with van der Waals surface area (Å²) in [6.07, 6.45) is 1.70. The molecule has 0 fully saturated rings. The third-order valence-corrected chi connectivity index (χ3v) is 3.11. The van der Waals surface area contributed by atoms with Gasteiger partial charge in [0.05, 0.1) is 7.11 Å². The maximum absolute atomic E-state index is 10.7. The summed E-state index contributed by atoms with van der Waals surface area (Å²) in [5.74, 6) is 0.729. The molecule has 2 rings (SSSR count). The van der Waals surface area contributed by atoms with Crippen molar-refractivity contribution in [3.63, 3.8) is 0 Å². The molecule has 1 aromatic heterocycles. The first-order chi connectivity index (χ1) is 8.54. The molecule has 0 amide bonds. The molecule has 1 aromatic carbocycles. The van der Waals surface area contributed by atoms with Gasteiger partial charge in [-0.15, -0.1) is 0 Å². The number of benzene rings is 1. The highest BCUT2D eigenvalue weighted by Crippen LogP contribution is 2.30. The van der Waals surface area contributed by atoms with Crippen molar-refractivity contribution < 1.29 is 9.84 Å². The summed E-state index contributed by atoms with van der Waals surface area (Å²) in [4.78, 5) is 4.22. The minimum atomic E-state index is -1.07. The molecule has 0 saturated heterocycles. The average Bonchev–Trinajstić information content (AvgIpc) is 2.39. The number of rotatable bonds is 3. The van der Waals surface area contributed by atoms with Crippen LogP contribution < -0.4 is 4.74 Å². The minimum absolute atomic E-state index is 0.729. The Kier molecular flexibility index (Phi) is 3.34. The molecule has 0 aliphatic heterocycles. The summed E-state index contributed by atoms with van der Waals surface area (Å²) in [5, 5.41) is 10.7. The van der Waals surface area contributed by atoms with Crippen LogP contribution in [0.3, 0.4) is 0 Å². The zero-order valence-electron chi connectivity index (χ0n) is 10.8. The highest BCUT2D eigenvalue weighted by Gasteiger charge is 2.26. The molecule has 0 aliphatic rings. The van der Waals surface area contributed by atoms with Crippen LogP contribution in [0.25, 0.3) is 0 Å². The van der Waals surface area contributed by atoms with Gasteiger partial charge in [0, 0.05) is 17.5 Å². The summed E-state index contributed by atoms with van der Waals surface area (Å²) in [6, 6.07) is 11.2. The van der Waals surface area contributed by atoms with Crippen LogP contribution in [0.15, 0.2) is 42.6 Å². The molecular weight excluding hydrogens is 226 g/mol. The van der Waals surface area contributed by atoms with Crippen LogP contribution in [0.2, 0.25) is 0 Å². The van der Waals surface area contributed by atoms with Crippen molar-refractivity contribution in [3.05, 3.63) is 59.4 Å². The van der Waals surface area contributed by atoms with Gasteiger partial charge in [0.2, 0.25) is 0 Å². The molecule has 3 heteroatoms. The van der Waals surface area contributed by atoms with E-state index in [0.29, 0.717) is 0 Å². The number of nitrogens with zero attached hydrogens (tertiary/aromatic N) is 1. The van der Waals surface area contributed by atoms with Crippen molar-refractivity contribution in [2.75, 3.05) is 7.11 Å².